The van der Waals surface area contributed by atoms with Crippen molar-refractivity contribution in [3.05, 3.63) is 68.8 Å². The number of carbonyl (C=O) groups excluding carboxylic acids is 1. The van der Waals surface area contributed by atoms with Gasteiger partial charge in [-0.3, -0.25) is 0 Å². The van der Waals surface area contributed by atoms with Crippen molar-refractivity contribution in [2.24, 2.45) is 0 Å². The summed E-state index contributed by atoms with van der Waals surface area (Å²) in [4.78, 5) is 13.1. The van der Waals surface area contributed by atoms with E-state index in [1.165, 1.54) is 5.56 Å². The fourth-order valence-electron chi connectivity index (χ4n) is 3.74. The van der Waals surface area contributed by atoms with Crippen LogP contribution in [0.3, 0.4) is 0 Å². The fourth-order valence-corrected chi connectivity index (χ4v) is 4.31. The molecule has 1 aromatic heterocycles. The zero-order chi connectivity index (χ0) is 24.4. The lowest BCUT2D eigenvalue weighted by Crippen LogP contribution is -2.30. The lowest BCUT2D eigenvalue weighted by molar-refractivity contribution is -0.143. The molecule has 1 atom stereocenters. The molecule has 0 saturated carbocycles. The summed E-state index contributed by atoms with van der Waals surface area (Å²) in [7, 11) is 1.57. The van der Waals surface area contributed by atoms with Gasteiger partial charge in [-0.1, -0.05) is 34.9 Å². The highest BCUT2D eigenvalue weighted by atomic mass is 79.9. The van der Waals surface area contributed by atoms with E-state index >= 15 is 0 Å². The maximum atomic E-state index is 13.1. The van der Waals surface area contributed by atoms with Crippen LogP contribution in [0.15, 0.2) is 52.1 Å². The van der Waals surface area contributed by atoms with Crippen molar-refractivity contribution in [1.82, 2.24) is 20.2 Å². The van der Waals surface area contributed by atoms with Gasteiger partial charge in [-0.15, -0.1) is 0 Å². The van der Waals surface area contributed by atoms with E-state index in [0.29, 0.717) is 39.8 Å². The Labute approximate surface area is 206 Å². The molecule has 1 aliphatic rings. The van der Waals surface area contributed by atoms with Gasteiger partial charge in [0.25, 0.3) is 0 Å². The smallest absolute Gasteiger partial charge is 0.338 e. The van der Waals surface area contributed by atoms with Gasteiger partial charge >= 0.3 is 5.97 Å². The zero-order valence-electron chi connectivity index (χ0n) is 19.6. The minimum absolute atomic E-state index is 0.275. The molecule has 0 amide bonds. The average Bonchev–Trinajstić information content (AvgIpc) is 3.25. The third kappa shape index (κ3) is 4.77. The third-order valence-electron chi connectivity index (χ3n) is 5.35. The number of ether oxygens (including phenoxy) is 3. The zero-order valence-corrected chi connectivity index (χ0v) is 21.2. The number of benzene rings is 2. The molecule has 34 heavy (non-hydrogen) atoms. The number of hydrogen-bond acceptors (Lipinski definition) is 8. The number of carbonyl (C=O) groups is 1. The Morgan fingerprint density at radius 1 is 1.21 bits per heavy atom. The number of anilines is 1. The van der Waals surface area contributed by atoms with Crippen LogP contribution in [-0.4, -0.2) is 39.4 Å². The molecule has 178 valence electrons. The lowest BCUT2D eigenvalue weighted by atomic mass is 9.95. The maximum absolute atomic E-state index is 13.1. The summed E-state index contributed by atoms with van der Waals surface area (Å²) < 4.78 is 19.5. The Bertz CT molecular complexity index is 1240. The number of tetrazole rings is 1. The van der Waals surface area contributed by atoms with Gasteiger partial charge in [0.05, 0.1) is 23.3 Å². The van der Waals surface area contributed by atoms with Gasteiger partial charge in [0.2, 0.25) is 5.95 Å². The van der Waals surface area contributed by atoms with Crippen LogP contribution in [0, 0.1) is 6.92 Å². The van der Waals surface area contributed by atoms with Gasteiger partial charge < -0.3 is 19.5 Å². The Morgan fingerprint density at radius 2 is 1.94 bits per heavy atom. The van der Waals surface area contributed by atoms with Crippen LogP contribution in [0.4, 0.5) is 5.95 Å². The summed E-state index contributed by atoms with van der Waals surface area (Å²) in [6, 6.07) is 11.2. The second kappa shape index (κ2) is 9.84. The van der Waals surface area contributed by atoms with Crippen molar-refractivity contribution >= 4 is 27.8 Å². The van der Waals surface area contributed by atoms with Crippen molar-refractivity contribution in [3.8, 4) is 11.5 Å². The molecule has 1 aliphatic heterocycles. The summed E-state index contributed by atoms with van der Waals surface area (Å²) in [5.41, 5.74) is 3.99. The molecule has 1 unspecified atom stereocenters. The number of hydrogen-bond donors (Lipinski definition) is 1. The minimum atomic E-state index is -0.617. The van der Waals surface area contributed by atoms with Gasteiger partial charge in [0.15, 0.2) is 11.5 Å². The van der Waals surface area contributed by atoms with Gasteiger partial charge in [-0.2, -0.15) is 4.68 Å². The molecule has 10 heteroatoms. The maximum Gasteiger partial charge on any atom is 0.338 e. The van der Waals surface area contributed by atoms with Crippen molar-refractivity contribution in [3.63, 3.8) is 0 Å². The first-order chi connectivity index (χ1) is 16.3. The Morgan fingerprint density at radius 3 is 2.62 bits per heavy atom. The van der Waals surface area contributed by atoms with E-state index in [0.717, 1.165) is 11.1 Å². The molecule has 0 radical (unpaired) electrons. The minimum Gasteiger partial charge on any atom is -0.493 e. The SMILES string of the molecule is COc1cc(C2C(C(=O)OC(C)C)=C(C)Nc3nnnn32)cc(Br)c1OCc1ccc(C)cc1. The fraction of sp³-hybridized carbons (Fsp3) is 0.333. The predicted molar refractivity (Wildman–Crippen MR) is 130 cm³/mol. The Kier molecular flexibility index (Phi) is 6.87. The van der Waals surface area contributed by atoms with Crippen LogP contribution in [0.5, 0.6) is 11.5 Å². The van der Waals surface area contributed by atoms with Crippen LogP contribution in [0.2, 0.25) is 0 Å². The summed E-state index contributed by atoms with van der Waals surface area (Å²) in [5.74, 6) is 1.06. The quantitative estimate of drug-likeness (QED) is 0.446. The summed E-state index contributed by atoms with van der Waals surface area (Å²) in [5, 5.41) is 15.0. The van der Waals surface area contributed by atoms with E-state index in [2.05, 4.69) is 36.8 Å². The highest BCUT2D eigenvalue weighted by Crippen LogP contribution is 2.43. The number of halogens is 1. The number of nitrogens with zero attached hydrogens (tertiary/aromatic N) is 4. The molecule has 1 N–H and O–H groups in total. The molecule has 2 aromatic carbocycles. The molecule has 3 aromatic rings. The number of rotatable bonds is 7. The molecule has 2 heterocycles. The molecule has 0 saturated heterocycles. The van der Waals surface area contributed by atoms with E-state index < -0.39 is 12.0 Å². The normalized spacial score (nSPS) is 15.1. The first-order valence-electron chi connectivity index (χ1n) is 10.8. The number of fused-ring (bicyclic) bond motifs is 1. The van der Waals surface area contributed by atoms with Crippen LogP contribution in [0.25, 0.3) is 0 Å². The third-order valence-corrected chi connectivity index (χ3v) is 5.94. The lowest BCUT2D eigenvalue weighted by Gasteiger charge is -2.28. The predicted octanol–water partition coefficient (Wildman–Crippen LogP) is 4.57. The van der Waals surface area contributed by atoms with Gasteiger partial charge in [0, 0.05) is 5.70 Å². The second-order valence-electron chi connectivity index (χ2n) is 8.28. The van der Waals surface area contributed by atoms with Crippen LogP contribution in [-0.2, 0) is 16.1 Å². The first-order valence-corrected chi connectivity index (χ1v) is 11.6. The van der Waals surface area contributed by atoms with E-state index in [9.17, 15) is 4.79 Å². The first kappa shape index (κ1) is 23.7. The largest absolute Gasteiger partial charge is 0.493 e. The summed E-state index contributed by atoms with van der Waals surface area (Å²) >= 11 is 3.62. The summed E-state index contributed by atoms with van der Waals surface area (Å²) in [6.45, 7) is 7.83. The van der Waals surface area contributed by atoms with Crippen molar-refractivity contribution in [1.29, 1.82) is 0 Å². The number of aryl methyl sites for hydroxylation is 1. The Balaban J connectivity index is 1.72. The topological polar surface area (TPSA) is 100 Å². The van der Waals surface area contributed by atoms with E-state index in [1.54, 1.807) is 32.6 Å². The molecule has 0 aliphatic carbocycles. The van der Waals surface area contributed by atoms with Crippen molar-refractivity contribution in [2.45, 2.75) is 46.4 Å². The van der Waals surface area contributed by atoms with Crippen LogP contribution in [0.1, 0.15) is 43.5 Å². The number of allylic oxidation sites excluding steroid dienone is 1. The van der Waals surface area contributed by atoms with Gasteiger partial charge in [0.1, 0.15) is 12.6 Å². The molecular formula is C24H26BrN5O4. The monoisotopic (exact) mass is 527 g/mol. The van der Waals surface area contributed by atoms with Gasteiger partial charge in [-0.25, -0.2) is 4.79 Å². The molecule has 9 nitrogen and oxygen atoms in total. The molecule has 0 bridgehead atoms. The van der Waals surface area contributed by atoms with Crippen LogP contribution >= 0.6 is 15.9 Å². The second-order valence-corrected chi connectivity index (χ2v) is 9.13. The van der Waals surface area contributed by atoms with Crippen molar-refractivity contribution in [2.75, 3.05) is 12.4 Å². The number of methoxy groups -OCH3 is 1. The standard InChI is InChI=1S/C24H26BrN5O4/c1-13(2)34-23(31)20-15(4)26-24-27-28-29-30(24)21(20)17-10-18(25)22(19(11-17)32-5)33-12-16-8-6-14(3)7-9-16/h6-11,13,21H,12H2,1-5H3,(H,26,27,29). The summed E-state index contributed by atoms with van der Waals surface area (Å²) in [6.07, 6.45) is -0.275. The van der Waals surface area contributed by atoms with Crippen LogP contribution < -0.4 is 14.8 Å². The number of nitrogens with one attached hydrogen (secondary N) is 1. The van der Waals surface area contributed by atoms with E-state index in [-0.39, 0.29) is 6.10 Å². The van der Waals surface area contributed by atoms with E-state index in [1.807, 2.05) is 43.3 Å². The molecule has 0 spiro atoms. The number of esters is 1. The molecule has 0 fully saturated rings. The Hall–Kier alpha value is -3.40. The van der Waals surface area contributed by atoms with Gasteiger partial charge in [-0.05, 0) is 77.3 Å². The highest BCUT2D eigenvalue weighted by molar-refractivity contribution is 9.10. The van der Waals surface area contributed by atoms with Crippen molar-refractivity contribution < 1.29 is 19.0 Å². The molecule has 4 rings (SSSR count). The average molecular weight is 528 g/mol. The molecular weight excluding hydrogens is 502 g/mol. The highest BCUT2D eigenvalue weighted by Gasteiger charge is 2.36. The number of aromatic nitrogens is 4. The van der Waals surface area contributed by atoms with E-state index in [4.69, 9.17) is 14.2 Å².